The Kier molecular flexibility index (Phi) is 5.46. The van der Waals surface area contributed by atoms with Crippen LogP contribution in [0.1, 0.15) is 32.1 Å². The van der Waals surface area contributed by atoms with Crippen molar-refractivity contribution in [1.82, 2.24) is 30.4 Å². The summed E-state index contributed by atoms with van der Waals surface area (Å²) in [4.78, 5) is 14.1. The van der Waals surface area contributed by atoms with Gasteiger partial charge in [0.25, 0.3) is 0 Å². The maximum atomic E-state index is 11.8. The van der Waals surface area contributed by atoms with Gasteiger partial charge < -0.3 is 10.2 Å². The van der Waals surface area contributed by atoms with E-state index >= 15 is 0 Å². The maximum absolute atomic E-state index is 11.8. The minimum atomic E-state index is 0.0789. The fraction of sp³-hybridized carbons (Fsp3) is 0.846. The van der Waals surface area contributed by atoms with Crippen molar-refractivity contribution in [3.63, 3.8) is 0 Å². The Morgan fingerprint density at radius 3 is 2.70 bits per heavy atom. The molecule has 1 N–H and O–H groups in total. The second-order valence-electron chi connectivity index (χ2n) is 5.77. The highest BCUT2D eigenvalue weighted by Gasteiger charge is 2.22. The first kappa shape index (κ1) is 14.9. The predicted octanol–water partition coefficient (Wildman–Crippen LogP) is 0.300. The smallest absolute Gasteiger partial charge is 0.221 e. The number of carbonyl (C=O) groups is 1. The number of amides is 1. The molecule has 0 unspecified atom stereocenters. The first-order valence-electron chi connectivity index (χ1n) is 7.29. The minimum absolute atomic E-state index is 0.0789. The Morgan fingerprint density at radius 1 is 1.35 bits per heavy atom. The predicted molar refractivity (Wildman–Crippen MR) is 74.9 cm³/mol. The van der Waals surface area contributed by atoms with Crippen LogP contribution in [-0.2, 0) is 11.3 Å². The number of aryl methyl sites for hydroxylation is 1. The number of carbonyl (C=O) groups excluding carboxylic acids is 1. The second-order valence-corrected chi connectivity index (χ2v) is 5.77. The molecule has 7 heteroatoms. The summed E-state index contributed by atoms with van der Waals surface area (Å²) >= 11 is 0. The molecule has 1 aromatic rings. The van der Waals surface area contributed by atoms with Crippen LogP contribution < -0.4 is 5.32 Å². The monoisotopic (exact) mass is 280 g/mol. The van der Waals surface area contributed by atoms with Crippen molar-refractivity contribution in [2.24, 2.45) is 5.92 Å². The van der Waals surface area contributed by atoms with Crippen molar-refractivity contribution >= 4 is 5.91 Å². The third-order valence-corrected chi connectivity index (χ3v) is 4.09. The molecule has 1 aliphatic carbocycles. The molecule has 1 fully saturated rings. The van der Waals surface area contributed by atoms with Gasteiger partial charge in [0.2, 0.25) is 5.91 Å². The van der Waals surface area contributed by atoms with Crippen LogP contribution in [0.15, 0.2) is 6.33 Å². The van der Waals surface area contributed by atoms with Gasteiger partial charge in [-0.15, -0.1) is 5.10 Å². The summed E-state index contributed by atoms with van der Waals surface area (Å²) < 4.78 is 1.57. The molecular formula is C13H24N6O. The molecule has 1 heterocycles. The van der Waals surface area contributed by atoms with Crippen molar-refractivity contribution in [3.05, 3.63) is 6.33 Å². The standard InChI is InChI=1S/C13H24N6O/c1-18(2)12-5-3-11(4-6-12)9-14-13(20)7-8-19-10-15-16-17-19/h10-12H,3-9H2,1-2H3,(H,14,20). The lowest BCUT2D eigenvalue weighted by Gasteiger charge is -2.32. The van der Waals surface area contributed by atoms with Gasteiger partial charge in [-0.25, -0.2) is 4.68 Å². The first-order chi connectivity index (χ1) is 9.65. The zero-order chi connectivity index (χ0) is 14.4. The van der Waals surface area contributed by atoms with Crippen molar-refractivity contribution < 1.29 is 4.79 Å². The first-order valence-corrected chi connectivity index (χ1v) is 7.29. The topological polar surface area (TPSA) is 75.9 Å². The molecule has 0 saturated heterocycles. The van der Waals surface area contributed by atoms with Gasteiger partial charge in [-0.05, 0) is 56.1 Å². The minimum Gasteiger partial charge on any atom is -0.356 e. The van der Waals surface area contributed by atoms with Crippen molar-refractivity contribution in [2.75, 3.05) is 20.6 Å². The highest BCUT2D eigenvalue weighted by atomic mass is 16.1. The zero-order valence-corrected chi connectivity index (χ0v) is 12.3. The van der Waals surface area contributed by atoms with Gasteiger partial charge in [0.15, 0.2) is 0 Å². The van der Waals surface area contributed by atoms with E-state index in [9.17, 15) is 4.79 Å². The lowest BCUT2D eigenvalue weighted by molar-refractivity contribution is -0.121. The van der Waals surface area contributed by atoms with Gasteiger partial charge in [-0.1, -0.05) is 0 Å². The molecule has 0 aliphatic heterocycles. The van der Waals surface area contributed by atoms with E-state index in [0.29, 0.717) is 24.9 Å². The van der Waals surface area contributed by atoms with Crippen LogP contribution in [-0.4, -0.2) is 57.7 Å². The Morgan fingerprint density at radius 2 is 2.10 bits per heavy atom. The number of hydrogen-bond acceptors (Lipinski definition) is 5. The van der Waals surface area contributed by atoms with Gasteiger partial charge in [0, 0.05) is 19.0 Å². The molecule has 1 aliphatic rings. The van der Waals surface area contributed by atoms with Crippen LogP contribution >= 0.6 is 0 Å². The molecule has 0 spiro atoms. The van der Waals surface area contributed by atoms with Gasteiger partial charge >= 0.3 is 0 Å². The number of aromatic nitrogens is 4. The summed E-state index contributed by atoms with van der Waals surface area (Å²) in [6.07, 6.45) is 6.83. The lowest BCUT2D eigenvalue weighted by atomic mass is 9.85. The number of nitrogens with one attached hydrogen (secondary N) is 1. The fourth-order valence-corrected chi connectivity index (χ4v) is 2.71. The van der Waals surface area contributed by atoms with Crippen LogP contribution in [0.25, 0.3) is 0 Å². The van der Waals surface area contributed by atoms with Gasteiger partial charge in [-0.3, -0.25) is 4.79 Å². The van der Waals surface area contributed by atoms with E-state index in [1.54, 1.807) is 4.68 Å². The highest BCUT2D eigenvalue weighted by Crippen LogP contribution is 2.25. The van der Waals surface area contributed by atoms with E-state index in [1.165, 1.54) is 32.0 Å². The van der Waals surface area contributed by atoms with Crippen LogP contribution in [0.5, 0.6) is 0 Å². The molecule has 0 atom stereocenters. The number of nitrogens with zero attached hydrogens (tertiary/aromatic N) is 5. The van der Waals surface area contributed by atoms with Crippen molar-refractivity contribution in [3.8, 4) is 0 Å². The van der Waals surface area contributed by atoms with Crippen molar-refractivity contribution in [2.45, 2.75) is 44.7 Å². The van der Waals surface area contributed by atoms with E-state index in [2.05, 4.69) is 39.8 Å². The van der Waals surface area contributed by atoms with Gasteiger partial charge in [-0.2, -0.15) is 0 Å². The summed E-state index contributed by atoms with van der Waals surface area (Å²) in [6.45, 7) is 1.33. The summed E-state index contributed by atoms with van der Waals surface area (Å²) in [5, 5.41) is 13.8. The average Bonchev–Trinajstić information content (AvgIpc) is 2.96. The lowest BCUT2D eigenvalue weighted by Crippen LogP contribution is -2.36. The highest BCUT2D eigenvalue weighted by molar-refractivity contribution is 5.75. The average molecular weight is 280 g/mol. The molecule has 1 saturated carbocycles. The quantitative estimate of drug-likeness (QED) is 0.811. The number of tetrazole rings is 1. The van der Waals surface area contributed by atoms with Crippen LogP contribution in [0, 0.1) is 5.92 Å². The molecular weight excluding hydrogens is 256 g/mol. The number of rotatable bonds is 6. The Labute approximate surface area is 119 Å². The Bertz CT molecular complexity index is 397. The molecule has 0 bridgehead atoms. The Hall–Kier alpha value is -1.50. The summed E-state index contributed by atoms with van der Waals surface area (Å²) in [7, 11) is 4.29. The van der Waals surface area contributed by atoms with E-state index in [4.69, 9.17) is 0 Å². The largest absolute Gasteiger partial charge is 0.356 e. The molecule has 20 heavy (non-hydrogen) atoms. The van der Waals surface area contributed by atoms with Crippen LogP contribution in [0.3, 0.4) is 0 Å². The van der Waals surface area contributed by atoms with E-state index in [1.807, 2.05) is 0 Å². The Balaban J connectivity index is 1.59. The second kappa shape index (κ2) is 7.33. The SMILES string of the molecule is CN(C)C1CCC(CNC(=O)CCn2cnnn2)CC1. The molecule has 0 radical (unpaired) electrons. The summed E-state index contributed by atoms with van der Waals surface area (Å²) in [5.41, 5.74) is 0. The van der Waals surface area contributed by atoms with E-state index in [-0.39, 0.29) is 5.91 Å². The molecule has 0 aromatic carbocycles. The van der Waals surface area contributed by atoms with Gasteiger partial charge in [0.1, 0.15) is 6.33 Å². The van der Waals surface area contributed by atoms with Crippen LogP contribution in [0.2, 0.25) is 0 Å². The normalized spacial score (nSPS) is 22.9. The van der Waals surface area contributed by atoms with E-state index in [0.717, 1.165) is 6.54 Å². The van der Waals surface area contributed by atoms with Crippen LogP contribution in [0.4, 0.5) is 0 Å². The number of hydrogen-bond donors (Lipinski definition) is 1. The molecule has 1 aromatic heterocycles. The molecule has 7 nitrogen and oxygen atoms in total. The maximum Gasteiger partial charge on any atom is 0.221 e. The zero-order valence-electron chi connectivity index (χ0n) is 12.3. The van der Waals surface area contributed by atoms with Crippen molar-refractivity contribution in [1.29, 1.82) is 0 Å². The third-order valence-electron chi connectivity index (χ3n) is 4.09. The summed E-state index contributed by atoms with van der Waals surface area (Å²) in [5.74, 6) is 0.707. The third kappa shape index (κ3) is 4.56. The van der Waals surface area contributed by atoms with E-state index < -0.39 is 0 Å². The molecule has 1 amide bonds. The fourth-order valence-electron chi connectivity index (χ4n) is 2.71. The molecule has 2 rings (SSSR count). The molecule has 112 valence electrons. The summed E-state index contributed by atoms with van der Waals surface area (Å²) in [6, 6.07) is 0.710. The van der Waals surface area contributed by atoms with Gasteiger partial charge in [0.05, 0.1) is 6.54 Å².